The molecule has 0 aliphatic heterocycles. The normalized spacial score (nSPS) is 10.5. The second kappa shape index (κ2) is 6.62. The number of ether oxygens (including phenoxy) is 3. The van der Waals surface area contributed by atoms with Gasteiger partial charge in [-0.25, -0.2) is 0 Å². The first-order valence-electron chi connectivity index (χ1n) is 6.62. The predicted octanol–water partition coefficient (Wildman–Crippen LogP) is 3.04. The number of nitrogens with one attached hydrogen (secondary N) is 1. The van der Waals surface area contributed by atoms with Crippen molar-refractivity contribution in [2.45, 2.75) is 19.9 Å². The van der Waals surface area contributed by atoms with Gasteiger partial charge in [0.05, 0.1) is 26.9 Å². The van der Waals surface area contributed by atoms with E-state index < -0.39 is 0 Å². The highest BCUT2D eigenvalue weighted by Gasteiger charge is 2.20. The summed E-state index contributed by atoms with van der Waals surface area (Å²) >= 11 is 5.28. The number of rotatable bonds is 6. The third kappa shape index (κ3) is 2.73. The summed E-state index contributed by atoms with van der Waals surface area (Å²) in [4.78, 5) is 0. The molecule has 6 nitrogen and oxygen atoms in total. The van der Waals surface area contributed by atoms with E-state index in [0.717, 1.165) is 24.4 Å². The molecule has 0 unspecified atom stereocenters. The van der Waals surface area contributed by atoms with Crippen LogP contribution in [-0.4, -0.2) is 36.1 Å². The summed E-state index contributed by atoms with van der Waals surface area (Å²) in [7, 11) is 4.75. The Balaban J connectivity index is 2.67. The van der Waals surface area contributed by atoms with Gasteiger partial charge in [-0.1, -0.05) is 6.92 Å². The molecule has 2 aromatic rings. The molecule has 0 aliphatic rings. The Hall–Kier alpha value is -2.02. The van der Waals surface area contributed by atoms with E-state index in [1.807, 2.05) is 16.7 Å². The van der Waals surface area contributed by atoms with Crippen LogP contribution in [0.15, 0.2) is 12.1 Å². The molecule has 1 aromatic carbocycles. The molecule has 1 aromatic heterocycles. The van der Waals surface area contributed by atoms with Gasteiger partial charge in [-0.05, 0) is 30.8 Å². The van der Waals surface area contributed by atoms with Gasteiger partial charge in [-0.3, -0.25) is 5.10 Å². The monoisotopic (exact) mass is 309 g/mol. The van der Waals surface area contributed by atoms with Crippen molar-refractivity contribution in [1.82, 2.24) is 14.8 Å². The van der Waals surface area contributed by atoms with Gasteiger partial charge in [0.1, 0.15) is 0 Å². The fraction of sp³-hybridized carbons (Fsp3) is 0.429. The standard InChI is InChI=1S/C14H19N3O3S/c1-5-8-17-13(15-16-14(17)21)9-6-7-10(18-2)12(20-4)11(9)19-3/h6-7H,5,8H2,1-4H3,(H,16,21). The van der Waals surface area contributed by atoms with Gasteiger partial charge in [0.15, 0.2) is 22.1 Å². The maximum absolute atomic E-state index is 5.50. The van der Waals surface area contributed by atoms with Gasteiger partial charge in [0, 0.05) is 6.54 Å². The number of benzene rings is 1. The molecule has 2 rings (SSSR count). The predicted molar refractivity (Wildman–Crippen MR) is 82.8 cm³/mol. The Morgan fingerprint density at radius 2 is 1.86 bits per heavy atom. The molecule has 7 heteroatoms. The highest BCUT2D eigenvalue weighted by Crippen LogP contribution is 2.43. The molecule has 0 spiro atoms. The lowest BCUT2D eigenvalue weighted by Crippen LogP contribution is -2.03. The van der Waals surface area contributed by atoms with Crippen LogP contribution in [0.5, 0.6) is 17.2 Å². The van der Waals surface area contributed by atoms with Gasteiger partial charge in [-0.2, -0.15) is 5.10 Å². The Labute approximate surface area is 128 Å². The van der Waals surface area contributed by atoms with Crippen LogP contribution in [0.2, 0.25) is 0 Å². The van der Waals surface area contributed by atoms with E-state index in [2.05, 4.69) is 17.1 Å². The van der Waals surface area contributed by atoms with Crippen LogP contribution in [0, 0.1) is 4.77 Å². The molecule has 21 heavy (non-hydrogen) atoms. The number of nitrogens with zero attached hydrogens (tertiary/aromatic N) is 2. The average Bonchev–Trinajstić information content (AvgIpc) is 2.87. The van der Waals surface area contributed by atoms with Crippen LogP contribution in [0.25, 0.3) is 11.4 Å². The molecule has 0 amide bonds. The quantitative estimate of drug-likeness (QED) is 0.831. The molecule has 0 atom stereocenters. The summed E-state index contributed by atoms with van der Waals surface area (Å²) in [5.74, 6) is 2.44. The van der Waals surface area contributed by atoms with Gasteiger partial charge < -0.3 is 18.8 Å². The van der Waals surface area contributed by atoms with Crippen LogP contribution in [-0.2, 0) is 6.54 Å². The highest BCUT2D eigenvalue weighted by atomic mass is 32.1. The highest BCUT2D eigenvalue weighted by molar-refractivity contribution is 7.71. The largest absolute Gasteiger partial charge is 0.493 e. The van der Waals surface area contributed by atoms with E-state index in [9.17, 15) is 0 Å². The van der Waals surface area contributed by atoms with Crippen molar-refractivity contribution in [2.24, 2.45) is 0 Å². The topological polar surface area (TPSA) is 61.3 Å². The fourth-order valence-electron chi connectivity index (χ4n) is 2.23. The fourth-order valence-corrected chi connectivity index (χ4v) is 2.46. The minimum absolute atomic E-state index is 0.537. The third-order valence-corrected chi connectivity index (χ3v) is 3.46. The van der Waals surface area contributed by atoms with Crippen molar-refractivity contribution in [2.75, 3.05) is 21.3 Å². The SMILES string of the molecule is CCCn1c(-c2ccc(OC)c(OC)c2OC)n[nH]c1=S. The minimum Gasteiger partial charge on any atom is -0.493 e. The molecular formula is C14H19N3O3S. The summed E-state index contributed by atoms with van der Waals surface area (Å²) in [6.07, 6.45) is 0.955. The van der Waals surface area contributed by atoms with Crippen LogP contribution in [0.1, 0.15) is 13.3 Å². The summed E-state index contributed by atoms with van der Waals surface area (Å²) in [6, 6.07) is 3.71. The maximum Gasteiger partial charge on any atom is 0.204 e. The zero-order valence-corrected chi connectivity index (χ0v) is 13.4. The number of methoxy groups -OCH3 is 3. The Bertz CT molecular complexity index is 679. The van der Waals surface area contributed by atoms with Gasteiger partial charge >= 0.3 is 0 Å². The van der Waals surface area contributed by atoms with Gasteiger partial charge in [0.2, 0.25) is 5.75 Å². The van der Waals surface area contributed by atoms with Crippen molar-refractivity contribution in [1.29, 1.82) is 0 Å². The van der Waals surface area contributed by atoms with Crippen molar-refractivity contribution in [3.05, 3.63) is 16.9 Å². The average molecular weight is 309 g/mol. The van der Waals surface area contributed by atoms with Crippen molar-refractivity contribution < 1.29 is 14.2 Å². The second-order valence-corrected chi connectivity index (χ2v) is 4.77. The first kappa shape index (κ1) is 15.4. The molecule has 0 saturated carbocycles. The summed E-state index contributed by atoms with van der Waals surface area (Å²) in [6.45, 7) is 2.87. The Morgan fingerprint density at radius 3 is 2.43 bits per heavy atom. The van der Waals surface area contributed by atoms with Crippen molar-refractivity contribution in [3.8, 4) is 28.6 Å². The molecule has 1 N–H and O–H groups in total. The molecule has 114 valence electrons. The van der Waals surface area contributed by atoms with Crippen molar-refractivity contribution >= 4 is 12.2 Å². The molecular weight excluding hydrogens is 290 g/mol. The first-order chi connectivity index (χ1) is 10.2. The van der Waals surface area contributed by atoms with E-state index in [0.29, 0.717) is 22.0 Å². The lowest BCUT2D eigenvalue weighted by Gasteiger charge is -2.15. The zero-order valence-electron chi connectivity index (χ0n) is 12.6. The van der Waals surface area contributed by atoms with E-state index in [-0.39, 0.29) is 0 Å². The van der Waals surface area contributed by atoms with Crippen molar-refractivity contribution in [3.63, 3.8) is 0 Å². The molecule has 0 saturated heterocycles. The van der Waals surface area contributed by atoms with Crippen LogP contribution >= 0.6 is 12.2 Å². The maximum atomic E-state index is 5.50. The zero-order chi connectivity index (χ0) is 15.4. The number of hydrogen-bond donors (Lipinski definition) is 1. The van der Waals surface area contributed by atoms with E-state index in [1.165, 1.54) is 0 Å². The molecule has 0 aliphatic carbocycles. The summed E-state index contributed by atoms with van der Waals surface area (Å²) < 4.78 is 18.7. The lowest BCUT2D eigenvalue weighted by molar-refractivity contribution is 0.325. The number of H-pyrrole nitrogens is 1. The van der Waals surface area contributed by atoms with E-state index in [4.69, 9.17) is 26.4 Å². The minimum atomic E-state index is 0.537. The smallest absolute Gasteiger partial charge is 0.204 e. The number of hydrogen-bond acceptors (Lipinski definition) is 5. The molecule has 1 heterocycles. The number of aromatic amines is 1. The Morgan fingerprint density at radius 1 is 1.14 bits per heavy atom. The number of aromatic nitrogens is 3. The van der Waals surface area contributed by atoms with E-state index in [1.54, 1.807) is 21.3 Å². The Kier molecular flexibility index (Phi) is 4.85. The lowest BCUT2D eigenvalue weighted by atomic mass is 10.1. The molecule has 0 radical (unpaired) electrons. The first-order valence-corrected chi connectivity index (χ1v) is 7.03. The van der Waals surface area contributed by atoms with Crippen LogP contribution in [0.3, 0.4) is 0 Å². The second-order valence-electron chi connectivity index (χ2n) is 4.39. The third-order valence-electron chi connectivity index (χ3n) is 3.15. The molecule has 0 fully saturated rings. The van der Waals surface area contributed by atoms with Crippen LogP contribution in [0.4, 0.5) is 0 Å². The van der Waals surface area contributed by atoms with Gasteiger partial charge in [-0.15, -0.1) is 0 Å². The molecule has 0 bridgehead atoms. The summed E-state index contributed by atoms with van der Waals surface area (Å²) in [5, 5.41) is 7.14. The van der Waals surface area contributed by atoms with Crippen LogP contribution < -0.4 is 14.2 Å². The van der Waals surface area contributed by atoms with E-state index >= 15 is 0 Å². The van der Waals surface area contributed by atoms with Gasteiger partial charge in [0.25, 0.3) is 0 Å². The summed E-state index contributed by atoms with van der Waals surface area (Å²) in [5.41, 5.74) is 0.802.